The molecule has 2 rings (SSSR count). The molecule has 2 aromatic rings. The summed E-state index contributed by atoms with van der Waals surface area (Å²) in [6, 6.07) is 9.20. The molecule has 92 valence electrons. The molecule has 0 saturated heterocycles. The Kier molecular flexibility index (Phi) is 4.12. The summed E-state index contributed by atoms with van der Waals surface area (Å²) in [5.41, 5.74) is 7.27. The fraction of sp³-hybridized carbons (Fsp3) is 0.0769. The van der Waals surface area contributed by atoms with Gasteiger partial charge in [0.05, 0.1) is 11.8 Å². The second-order valence-electron chi connectivity index (χ2n) is 3.65. The Bertz CT molecular complexity index is 574. The summed E-state index contributed by atoms with van der Waals surface area (Å²) in [5.74, 6) is 0.574. The number of rotatable bonds is 4. The third kappa shape index (κ3) is 3.18. The van der Waals surface area contributed by atoms with E-state index in [1.54, 1.807) is 18.5 Å². The van der Waals surface area contributed by atoms with Gasteiger partial charge in [-0.2, -0.15) is 0 Å². The molecule has 3 nitrogen and oxygen atoms in total. The van der Waals surface area contributed by atoms with Crippen molar-refractivity contribution in [2.45, 2.75) is 6.61 Å². The maximum atomic E-state index is 5.90. The van der Waals surface area contributed by atoms with E-state index in [0.717, 1.165) is 5.56 Å². The molecule has 0 radical (unpaired) electrons. The van der Waals surface area contributed by atoms with Crippen LogP contribution in [0.15, 0.2) is 42.7 Å². The standard InChI is InChI=1S/C13H11ClN2OS/c14-10-3-1-2-9(6-10)8-17-12-7-16-5-4-11(12)13(15)18/h1-7H,8H2,(H2,15,18). The molecule has 0 unspecified atom stereocenters. The molecule has 0 aliphatic heterocycles. The van der Waals surface area contributed by atoms with Gasteiger partial charge < -0.3 is 10.5 Å². The van der Waals surface area contributed by atoms with Crippen LogP contribution in [0, 0.1) is 0 Å². The van der Waals surface area contributed by atoms with Crippen molar-refractivity contribution in [2.24, 2.45) is 5.73 Å². The maximum Gasteiger partial charge on any atom is 0.148 e. The van der Waals surface area contributed by atoms with Crippen LogP contribution in [0.1, 0.15) is 11.1 Å². The Hall–Kier alpha value is -1.65. The van der Waals surface area contributed by atoms with Gasteiger partial charge in [0.2, 0.25) is 0 Å². The number of nitrogens with two attached hydrogens (primary N) is 1. The third-order valence-electron chi connectivity index (χ3n) is 2.33. The van der Waals surface area contributed by atoms with E-state index in [1.165, 1.54) is 0 Å². The number of hydrogen-bond acceptors (Lipinski definition) is 3. The molecule has 1 heterocycles. The van der Waals surface area contributed by atoms with Gasteiger partial charge in [-0.05, 0) is 23.8 Å². The molecule has 0 atom stereocenters. The number of pyridine rings is 1. The van der Waals surface area contributed by atoms with Gasteiger partial charge in [-0.15, -0.1) is 0 Å². The van der Waals surface area contributed by atoms with Crippen LogP contribution in [0.4, 0.5) is 0 Å². The number of benzene rings is 1. The van der Waals surface area contributed by atoms with E-state index in [9.17, 15) is 0 Å². The first-order chi connectivity index (χ1) is 8.66. The summed E-state index contributed by atoms with van der Waals surface area (Å²) < 4.78 is 5.65. The van der Waals surface area contributed by atoms with Crippen LogP contribution in [-0.2, 0) is 6.61 Å². The minimum atomic E-state index is 0.290. The average molecular weight is 279 g/mol. The Morgan fingerprint density at radius 2 is 2.22 bits per heavy atom. The highest BCUT2D eigenvalue weighted by Crippen LogP contribution is 2.18. The number of aromatic nitrogens is 1. The van der Waals surface area contributed by atoms with Gasteiger partial charge in [0.1, 0.15) is 17.3 Å². The lowest BCUT2D eigenvalue weighted by Crippen LogP contribution is -2.11. The molecule has 2 N–H and O–H groups in total. The quantitative estimate of drug-likeness (QED) is 0.874. The molecule has 0 saturated carbocycles. The van der Waals surface area contributed by atoms with E-state index < -0.39 is 0 Å². The summed E-state index contributed by atoms with van der Waals surface area (Å²) in [6.45, 7) is 0.391. The van der Waals surface area contributed by atoms with E-state index >= 15 is 0 Å². The van der Waals surface area contributed by atoms with Crippen molar-refractivity contribution in [1.29, 1.82) is 0 Å². The second-order valence-corrected chi connectivity index (χ2v) is 4.53. The minimum absolute atomic E-state index is 0.290. The zero-order valence-electron chi connectivity index (χ0n) is 9.47. The van der Waals surface area contributed by atoms with Crippen molar-refractivity contribution >= 4 is 28.8 Å². The third-order valence-corrected chi connectivity index (χ3v) is 2.79. The van der Waals surface area contributed by atoms with Crippen molar-refractivity contribution in [2.75, 3.05) is 0 Å². The van der Waals surface area contributed by atoms with Crippen LogP contribution in [0.3, 0.4) is 0 Å². The van der Waals surface area contributed by atoms with Crippen LogP contribution in [0.25, 0.3) is 0 Å². The van der Waals surface area contributed by atoms with Crippen LogP contribution in [-0.4, -0.2) is 9.97 Å². The molecule has 5 heteroatoms. The van der Waals surface area contributed by atoms with Crippen LogP contribution < -0.4 is 10.5 Å². The smallest absolute Gasteiger partial charge is 0.148 e. The summed E-state index contributed by atoms with van der Waals surface area (Å²) in [6.07, 6.45) is 3.22. The van der Waals surface area contributed by atoms with E-state index in [2.05, 4.69) is 4.98 Å². The Morgan fingerprint density at radius 3 is 2.94 bits per heavy atom. The van der Waals surface area contributed by atoms with Gasteiger partial charge in [-0.1, -0.05) is 36.0 Å². The van der Waals surface area contributed by atoms with Crippen molar-refractivity contribution in [3.8, 4) is 5.75 Å². The molecule has 0 aliphatic carbocycles. The van der Waals surface area contributed by atoms with E-state index in [1.807, 2.05) is 24.3 Å². The molecule has 18 heavy (non-hydrogen) atoms. The summed E-state index contributed by atoms with van der Waals surface area (Å²) >= 11 is 10.8. The molecule has 0 aliphatic rings. The zero-order chi connectivity index (χ0) is 13.0. The van der Waals surface area contributed by atoms with Gasteiger partial charge in [-0.3, -0.25) is 4.98 Å². The lowest BCUT2D eigenvalue weighted by atomic mass is 10.2. The lowest BCUT2D eigenvalue weighted by molar-refractivity contribution is 0.304. The first-order valence-corrected chi connectivity index (χ1v) is 6.06. The summed E-state index contributed by atoms with van der Waals surface area (Å²) in [5, 5.41) is 0.678. The molecule has 0 amide bonds. The van der Waals surface area contributed by atoms with Gasteiger partial charge in [0, 0.05) is 11.2 Å². The predicted molar refractivity (Wildman–Crippen MR) is 75.9 cm³/mol. The fourth-order valence-electron chi connectivity index (χ4n) is 1.49. The minimum Gasteiger partial charge on any atom is -0.487 e. The van der Waals surface area contributed by atoms with Crippen molar-refractivity contribution in [3.05, 3.63) is 58.9 Å². The van der Waals surface area contributed by atoms with E-state index in [4.69, 9.17) is 34.3 Å². The molecule has 0 fully saturated rings. The molecule has 0 bridgehead atoms. The van der Waals surface area contributed by atoms with Gasteiger partial charge in [0.15, 0.2) is 0 Å². The number of halogens is 1. The van der Waals surface area contributed by atoms with E-state index in [-0.39, 0.29) is 0 Å². The number of thiocarbonyl (C=S) groups is 1. The van der Waals surface area contributed by atoms with Gasteiger partial charge in [0.25, 0.3) is 0 Å². The normalized spacial score (nSPS) is 10.1. The molecular formula is C13H11ClN2OS. The van der Waals surface area contributed by atoms with Crippen molar-refractivity contribution < 1.29 is 4.74 Å². The monoisotopic (exact) mass is 278 g/mol. The Balaban J connectivity index is 2.13. The highest BCUT2D eigenvalue weighted by molar-refractivity contribution is 7.80. The highest BCUT2D eigenvalue weighted by Gasteiger charge is 2.06. The fourth-order valence-corrected chi connectivity index (χ4v) is 1.87. The predicted octanol–water partition coefficient (Wildman–Crippen LogP) is 2.95. The molecule has 0 spiro atoms. The second kappa shape index (κ2) is 5.80. The van der Waals surface area contributed by atoms with Crippen LogP contribution in [0.2, 0.25) is 5.02 Å². The SMILES string of the molecule is NC(=S)c1ccncc1OCc1cccc(Cl)c1. The highest BCUT2D eigenvalue weighted by atomic mass is 35.5. The van der Waals surface area contributed by atoms with Gasteiger partial charge in [-0.25, -0.2) is 0 Å². The molecule has 1 aromatic heterocycles. The Labute approximate surface area is 116 Å². The number of hydrogen-bond donors (Lipinski definition) is 1. The summed E-state index contributed by atoms with van der Waals surface area (Å²) in [4.78, 5) is 4.28. The van der Waals surface area contributed by atoms with Crippen LogP contribution in [0.5, 0.6) is 5.75 Å². The molecular weight excluding hydrogens is 268 g/mol. The summed E-state index contributed by atoms with van der Waals surface area (Å²) in [7, 11) is 0. The Morgan fingerprint density at radius 1 is 1.39 bits per heavy atom. The largest absolute Gasteiger partial charge is 0.487 e. The average Bonchev–Trinajstić information content (AvgIpc) is 2.37. The first-order valence-electron chi connectivity index (χ1n) is 5.28. The van der Waals surface area contributed by atoms with Crippen LogP contribution >= 0.6 is 23.8 Å². The lowest BCUT2D eigenvalue weighted by Gasteiger charge is -2.10. The molecule has 1 aromatic carbocycles. The van der Waals surface area contributed by atoms with Crippen molar-refractivity contribution in [3.63, 3.8) is 0 Å². The zero-order valence-corrected chi connectivity index (χ0v) is 11.0. The van der Waals surface area contributed by atoms with E-state index in [0.29, 0.717) is 27.9 Å². The van der Waals surface area contributed by atoms with Gasteiger partial charge >= 0.3 is 0 Å². The topological polar surface area (TPSA) is 48.1 Å². The number of ether oxygens (including phenoxy) is 1. The van der Waals surface area contributed by atoms with Crippen molar-refractivity contribution in [1.82, 2.24) is 4.98 Å². The number of nitrogens with zero attached hydrogens (tertiary/aromatic N) is 1. The maximum absolute atomic E-state index is 5.90. The first kappa shape index (κ1) is 12.8.